The van der Waals surface area contributed by atoms with Gasteiger partial charge in [0.1, 0.15) is 30.5 Å². The number of azide groups is 1. The predicted molar refractivity (Wildman–Crippen MR) is 207 cm³/mol. The highest BCUT2D eigenvalue weighted by atomic mass is 16.6. The number of alkyl carbamates (subject to hydrolysis) is 1. The lowest BCUT2D eigenvalue weighted by molar-refractivity contribution is -0.156. The Labute approximate surface area is 343 Å². The fourth-order valence-electron chi connectivity index (χ4n) is 4.71. The summed E-state index contributed by atoms with van der Waals surface area (Å²) in [6.07, 6.45) is -0.761. The first-order valence-electron chi connectivity index (χ1n) is 18.4. The molecule has 1 rings (SSSR count). The number of ether oxygens (including phenoxy) is 9. The molecule has 0 radical (unpaired) electrons. The number of aliphatic imine (C=N–C) groups is 1. The lowest BCUT2D eigenvalue weighted by atomic mass is 9.91. The van der Waals surface area contributed by atoms with Gasteiger partial charge in [0.15, 0.2) is 6.10 Å². The van der Waals surface area contributed by atoms with Gasteiger partial charge < -0.3 is 63.7 Å². The Bertz CT molecular complexity index is 1520. The molecule has 0 aromatic carbocycles. The van der Waals surface area contributed by atoms with Crippen molar-refractivity contribution in [1.82, 2.24) is 21.3 Å². The summed E-state index contributed by atoms with van der Waals surface area (Å²) < 4.78 is 48.5. The average Bonchev–Trinajstić information content (AvgIpc) is 3.12. The van der Waals surface area contributed by atoms with Crippen molar-refractivity contribution >= 4 is 35.9 Å². The van der Waals surface area contributed by atoms with Crippen molar-refractivity contribution in [1.29, 1.82) is 0 Å². The van der Waals surface area contributed by atoms with Gasteiger partial charge in [-0.25, -0.2) is 14.4 Å². The van der Waals surface area contributed by atoms with Crippen LogP contribution in [0.2, 0.25) is 0 Å². The number of nitrogens with one attached hydrogen (secondary N) is 4. The van der Waals surface area contributed by atoms with Crippen molar-refractivity contribution in [3.05, 3.63) is 22.3 Å². The molecule has 0 bridgehead atoms. The number of carbonyl (C=O) groups is 5. The van der Waals surface area contributed by atoms with Crippen LogP contribution in [0.4, 0.5) is 9.59 Å². The molecule has 5 atom stereocenters. The Balaban J connectivity index is 3.22. The zero-order valence-electron chi connectivity index (χ0n) is 34.8. The Kier molecular flexibility index (Phi) is 24.1. The highest BCUT2D eigenvalue weighted by Gasteiger charge is 2.46. The first kappa shape index (κ1) is 51.8. The van der Waals surface area contributed by atoms with Crippen molar-refractivity contribution < 1.29 is 71.7 Å². The minimum Gasteiger partial charge on any atom is -0.478 e. The minimum absolute atomic E-state index is 0.0645. The van der Waals surface area contributed by atoms with Crippen LogP contribution < -0.4 is 21.3 Å². The van der Waals surface area contributed by atoms with Gasteiger partial charge in [-0.1, -0.05) is 11.0 Å². The smallest absolute Gasteiger partial charge is 0.437 e. The Morgan fingerprint density at radius 2 is 1.54 bits per heavy atom. The maximum Gasteiger partial charge on any atom is 0.437 e. The summed E-state index contributed by atoms with van der Waals surface area (Å²) in [4.78, 5) is 70.5. The predicted octanol–water partition coefficient (Wildman–Crippen LogP) is 0.593. The third kappa shape index (κ3) is 23.7. The molecule has 23 heteroatoms. The van der Waals surface area contributed by atoms with Gasteiger partial charge in [-0.3, -0.25) is 14.9 Å². The maximum absolute atomic E-state index is 12.9. The number of methoxy groups -OCH3 is 1. The highest BCUT2D eigenvalue weighted by molar-refractivity contribution is 5.99. The van der Waals surface area contributed by atoms with Gasteiger partial charge in [0.25, 0.3) is 0 Å². The third-order valence-corrected chi connectivity index (χ3v) is 6.92. The van der Waals surface area contributed by atoms with Gasteiger partial charge in [0, 0.05) is 18.4 Å². The molecule has 1 aliphatic heterocycles. The molecular weight excluding hydrogens is 784 g/mol. The van der Waals surface area contributed by atoms with Crippen LogP contribution in [0.3, 0.4) is 0 Å². The summed E-state index contributed by atoms with van der Waals surface area (Å²) in [7, 11) is 1.06. The molecule has 0 saturated carbocycles. The molecule has 0 aromatic rings. The molecule has 0 unspecified atom stereocenters. The van der Waals surface area contributed by atoms with E-state index in [-0.39, 0.29) is 33.0 Å². The number of rotatable bonds is 23. The van der Waals surface area contributed by atoms with E-state index in [9.17, 15) is 29.1 Å². The van der Waals surface area contributed by atoms with Gasteiger partial charge >= 0.3 is 18.2 Å². The van der Waals surface area contributed by atoms with Crippen LogP contribution in [0, 0.1) is 12.3 Å². The lowest BCUT2D eigenvalue weighted by Crippen LogP contribution is -2.65. The Morgan fingerprint density at radius 3 is 2.08 bits per heavy atom. The van der Waals surface area contributed by atoms with Crippen molar-refractivity contribution in [2.75, 3.05) is 79.7 Å². The monoisotopic (exact) mass is 842 g/mol. The average molecular weight is 843 g/mol. The van der Waals surface area contributed by atoms with Crippen LogP contribution >= 0.6 is 0 Å². The second-order valence-electron chi connectivity index (χ2n) is 14.3. The SMILES string of the molecule is C#CCOCCOCCOCCOCCNC(=O)CO[C@@H]([C@@H]1OC(C(=O)OC)=C[C@H](N/C(=N/C(=O)OC(C)(C)C)NC(=O)OC(C)(C)C)[C@H]1NC(C)=O)[C@H](O)CN=[N+]=[N-]. The third-order valence-electron chi connectivity index (χ3n) is 6.92. The quantitative estimate of drug-likeness (QED) is 0.0108. The van der Waals surface area contributed by atoms with E-state index in [4.69, 9.17) is 54.6 Å². The molecule has 59 heavy (non-hydrogen) atoms. The van der Waals surface area contributed by atoms with E-state index in [1.807, 2.05) is 0 Å². The molecule has 0 fully saturated rings. The number of esters is 1. The molecule has 0 aromatic heterocycles. The van der Waals surface area contributed by atoms with Crippen molar-refractivity contribution in [2.45, 2.75) is 90.1 Å². The van der Waals surface area contributed by atoms with Gasteiger partial charge in [-0.15, -0.1) is 11.4 Å². The van der Waals surface area contributed by atoms with Crippen molar-refractivity contribution in [3.63, 3.8) is 0 Å². The standard InChI is InChI=1S/C36H58N8O15/c1-10-12-52-14-16-54-18-19-55-17-15-53-13-11-38-27(47)22-56-29(25(46)21-39-44-37)30-28(40-23(2)45)24(20-26(57-30)31(48)51-9)41-32(42-33(49)58-35(3,4)5)43-34(50)59-36(6,7)8/h1,20,24-25,28-30,46H,11-19,21-22H2,2-9H3,(H,38,47)(H,40,45)(H2,41,42,43,49,50)/t24-,25+,28+,29+,30+/m0/s1. The molecule has 23 nitrogen and oxygen atoms in total. The number of nitrogens with zero attached hydrogens (tertiary/aromatic N) is 4. The lowest BCUT2D eigenvalue weighted by Gasteiger charge is -2.42. The molecule has 1 heterocycles. The maximum atomic E-state index is 12.9. The van der Waals surface area contributed by atoms with Crippen LogP contribution in [0.1, 0.15) is 48.5 Å². The summed E-state index contributed by atoms with van der Waals surface area (Å²) in [6, 6.07) is -2.63. The molecule has 4 amide bonds. The summed E-state index contributed by atoms with van der Waals surface area (Å²) in [5.41, 5.74) is 7.00. The van der Waals surface area contributed by atoms with Gasteiger partial charge in [-0.2, -0.15) is 0 Å². The van der Waals surface area contributed by atoms with Crippen LogP contribution in [0.5, 0.6) is 0 Å². The van der Waals surface area contributed by atoms with E-state index in [0.29, 0.717) is 26.4 Å². The molecule has 0 saturated heterocycles. The van der Waals surface area contributed by atoms with Crippen LogP contribution in [0.25, 0.3) is 10.4 Å². The number of aliphatic hydroxyl groups excluding tert-OH is 1. The zero-order valence-corrected chi connectivity index (χ0v) is 34.8. The number of amides is 4. The summed E-state index contributed by atoms with van der Waals surface area (Å²) in [5.74, 6) is -0.975. The van der Waals surface area contributed by atoms with Gasteiger partial charge in [0.2, 0.25) is 23.5 Å². The van der Waals surface area contributed by atoms with Crippen LogP contribution in [-0.4, -0.2) is 162 Å². The molecule has 0 spiro atoms. The Morgan fingerprint density at radius 1 is 0.949 bits per heavy atom. The van der Waals surface area contributed by atoms with E-state index >= 15 is 0 Å². The number of hydrogen-bond donors (Lipinski definition) is 5. The summed E-state index contributed by atoms with van der Waals surface area (Å²) >= 11 is 0. The van der Waals surface area contributed by atoms with Crippen molar-refractivity contribution in [3.8, 4) is 12.3 Å². The van der Waals surface area contributed by atoms with Gasteiger partial charge in [-0.05, 0) is 53.1 Å². The van der Waals surface area contributed by atoms with Crippen LogP contribution in [0.15, 0.2) is 21.9 Å². The fourth-order valence-corrected chi connectivity index (χ4v) is 4.71. The summed E-state index contributed by atoms with van der Waals surface area (Å²) in [5, 5.41) is 24.9. The molecule has 332 valence electrons. The molecular formula is C36H58N8O15. The van der Waals surface area contributed by atoms with Crippen LogP contribution in [-0.2, 0) is 57.0 Å². The molecule has 1 aliphatic rings. The highest BCUT2D eigenvalue weighted by Crippen LogP contribution is 2.26. The molecule has 0 aliphatic carbocycles. The van der Waals surface area contributed by atoms with E-state index in [1.165, 1.54) is 0 Å². The van der Waals surface area contributed by atoms with E-state index < -0.39 is 96.4 Å². The number of terminal acetylenes is 1. The zero-order chi connectivity index (χ0) is 44.4. The van der Waals surface area contributed by atoms with E-state index in [2.05, 4.69) is 42.2 Å². The topological polar surface area (TPSA) is 298 Å². The number of aliphatic hydroxyl groups is 1. The Hall–Kier alpha value is -5.21. The first-order chi connectivity index (χ1) is 27.8. The van der Waals surface area contributed by atoms with Gasteiger partial charge in [0.05, 0.1) is 78.1 Å². The number of guanidine groups is 1. The largest absolute Gasteiger partial charge is 0.478 e. The number of carbonyl (C=O) groups excluding carboxylic acids is 5. The number of hydrogen-bond acceptors (Lipinski definition) is 16. The van der Waals surface area contributed by atoms with Crippen molar-refractivity contribution in [2.24, 2.45) is 10.1 Å². The van der Waals surface area contributed by atoms with E-state index in [0.717, 1.165) is 20.1 Å². The normalized spacial score (nSPS) is 17.7. The van der Waals surface area contributed by atoms with E-state index in [1.54, 1.807) is 41.5 Å². The first-order valence-corrected chi connectivity index (χ1v) is 18.4. The summed E-state index contributed by atoms with van der Waals surface area (Å²) in [6.45, 7) is 11.8. The molecule has 5 N–H and O–H groups in total. The second kappa shape index (κ2) is 27.5. The minimum atomic E-state index is -1.69. The fraction of sp³-hybridized carbons (Fsp3) is 0.722. The second-order valence-corrected chi connectivity index (χ2v) is 14.3.